The summed E-state index contributed by atoms with van der Waals surface area (Å²) in [6.07, 6.45) is 0.992. The first-order valence-electron chi connectivity index (χ1n) is 10.1. The van der Waals surface area contributed by atoms with Gasteiger partial charge in [-0.15, -0.1) is 0 Å². The summed E-state index contributed by atoms with van der Waals surface area (Å²) in [5.41, 5.74) is 0.180. The minimum atomic E-state index is -4.01. The third-order valence-electron chi connectivity index (χ3n) is 5.05. The van der Waals surface area contributed by atoms with Crippen LogP contribution in [0.1, 0.15) is 32.3 Å². The van der Waals surface area contributed by atoms with Gasteiger partial charge in [-0.2, -0.15) is 5.26 Å². The second-order valence-electron chi connectivity index (χ2n) is 7.86. The number of carbonyl (C=O) groups is 1. The molecule has 1 fully saturated rings. The van der Waals surface area contributed by atoms with Crippen LogP contribution < -0.4 is 9.46 Å². The number of likely N-dealkylation sites (tertiary alicyclic amines) is 1. The topological polar surface area (TPSA) is 99.5 Å². The molecule has 1 N–H and O–H groups in total. The minimum absolute atomic E-state index is 0.0438. The van der Waals surface area contributed by atoms with E-state index in [0.29, 0.717) is 36.0 Å². The Morgan fingerprint density at radius 1 is 1.16 bits per heavy atom. The standard InChI is InChI=1S/C22H23Cl2N3O4S/c1-14(2)22(28)27-7-5-18(6-8-27)26-32(29,30)21-9-15(13-25)3-4-20(21)31-19-11-16(23)10-17(24)12-19/h3-4,9-12,14,18,26H,5-8H2,1-2H3. The summed E-state index contributed by atoms with van der Waals surface area (Å²) < 4.78 is 34.9. The second-order valence-corrected chi connectivity index (χ2v) is 10.4. The smallest absolute Gasteiger partial charge is 0.244 e. The van der Waals surface area contributed by atoms with Crippen LogP contribution in [0.2, 0.25) is 10.0 Å². The number of carbonyl (C=O) groups excluding carboxylic acids is 1. The van der Waals surface area contributed by atoms with E-state index in [0.717, 1.165) is 0 Å². The summed E-state index contributed by atoms with van der Waals surface area (Å²) in [7, 11) is -4.01. The highest BCUT2D eigenvalue weighted by Crippen LogP contribution is 2.33. The predicted octanol–water partition coefficient (Wildman–Crippen LogP) is 4.58. The van der Waals surface area contributed by atoms with Gasteiger partial charge in [-0.25, -0.2) is 13.1 Å². The van der Waals surface area contributed by atoms with Crippen LogP contribution in [0, 0.1) is 17.2 Å². The van der Waals surface area contributed by atoms with Gasteiger partial charge >= 0.3 is 0 Å². The van der Waals surface area contributed by atoms with Gasteiger partial charge in [-0.3, -0.25) is 4.79 Å². The maximum absolute atomic E-state index is 13.2. The van der Waals surface area contributed by atoms with Crippen molar-refractivity contribution in [3.63, 3.8) is 0 Å². The summed E-state index contributed by atoms with van der Waals surface area (Å²) in [5.74, 6) is 0.270. The number of sulfonamides is 1. The lowest BCUT2D eigenvalue weighted by Crippen LogP contribution is -2.47. The number of amides is 1. The van der Waals surface area contributed by atoms with Gasteiger partial charge in [0.25, 0.3) is 0 Å². The maximum Gasteiger partial charge on any atom is 0.244 e. The molecule has 7 nitrogen and oxygen atoms in total. The van der Waals surface area contributed by atoms with Crippen LogP contribution in [-0.2, 0) is 14.8 Å². The first-order chi connectivity index (χ1) is 15.1. The molecule has 1 amide bonds. The van der Waals surface area contributed by atoms with E-state index in [-0.39, 0.29) is 39.8 Å². The second kappa shape index (κ2) is 10.1. The third-order valence-corrected chi connectivity index (χ3v) is 7.03. The first kappa shape index (κ1) is 24.3. The van der Waals surface area contributed by atoms with Crippen LogP contribution in [0.4, 0.5) is 0 Å². The fourth-order valence-corrected chi connectivity index (χ4v) is 5.42. The Hall–Kier alpha value is -2.31. The van der Waals surface area contributed by atoms with Crippen molar-refractivity contribution in [2.75, 3.05) is 13.1 Å². The first-order valence-corrected chi connectivity index (χ1v) is 12.3. The Bertz CT molecular complexity index is 1130. The maximum atomic E-state index is 13.2. The average molecular weight is 496 g/mol. The number of rotatable bonds is 6. The zero-order chi connectivity index (χ0) is 23.5. The summed E-state index contributed by atoms with van der Waals surface area (Å²) in [5, 5.41) is 9.93. The Morgan fingerprint density at radius 2 is 1.78 bits per heavy atom. The molecule has 0 unspecified atom stereocenters. The van der Waals surface area contributed by atoms with Crippen molar-refractivity contribution in [1.29, 1.82) is 5.26 Å². The molecule has 2 aromatic carbocycles. The molecular weight excluding hydrogens is 473 g/mol. The molecule has 0 saturated carbocycles. The highest BCUT2D eigenvalue weighted by atomic mass is 35.5. The van der Waals surface area contributed by atoms with Crippen LogP contribution in [0.25, 0.3) is 0 Å². The molecule has 0 atom stereocenters. The number of halogens is 2. The van der Waals surface area contributed by atoms with Crippen LogP contribution in [0.15, 0.2) is 41.3 Å². The number of piperidine rings is 1. The largest absolute Gasteiger partial charge is 0.456 e. The molecule has 0 aliphatic carbocycles. The molecule has 0 radical (unpaired) electrons. The number of hydrogen-bond acceptors (Lipinski definition) is 5. The van der Waals surface area contributed by atoms with Crippen LogP contribution in [-0.4, -0.2) is 38.4 Å². The molecule has 1 saturated heterocycles. The number of hydrogen-bond donors (Lipinski definition) is 1. The van der Waals surface area contributed by atoms with Crippen molar-refractivity contribution in [3.05, 3.63) is 52.0 Å². The van der Waals surface area contributed by atoms with E-state index < -0.39 is 10.0 Å². The molecule has 1 heterocycles. The van der Waals surface area contributed by atoms with Crippen molar-refractivity contribution in [2.24, 2.45) is 5.92 Å². The monoisotopic (exact) mass is 495 g/mol. The molecule has 2 aromatic rings. The van der Waals surface area contributed by atoms with Gasteiger partial charge in [-0.05, 0) is 49.2 Å². The predicted molar refractivity (Wildman–Crippen MR) is 122 cm³/mol. The Labute approximate surface area is 197 Å². The van der Waals surface area contributed by atoms with E-state index in [2.05, 4.69) is 4.72 Å². The van der Waals surface area contributed by atoms with Crippen molar-refractivity contribution >= 4 is 39.1 Å². The lowest BCUT2D eigenvalue weighted by Gasteiger charge is -2.33. The molecule has 3 rings (SSSR count). The van der Waals surface area contributed by atoms with Gasteiger partial charge < -0.3 is 9.64 Å². The van der Waals surface area contributed by atoms with Gasteiger partial charge in [-0.1, -0.05) is 37.0 Å². The summed E-state index contributed by atoms with van der Waals surface area (Å²) >= 11 is 12.0. The van der Waals surface area contributed by atoms with Gasteiger partial charge in [0.1, 0.15) is 16.4 Å². The fourth-order valence-electron chi connectivity index (χ4n) is 3.45. The lowest BCUT2D eigenvalue weighted by atomic mass is 10.0. The third kappa shape index (κ3) is 5.93. The summed E-state index contributed by atoms with van der Waals surface area (Å²) in [6, 6.07) is 10.3. The van der Waals surface area contributed by atoms with Gasteiger partial charge in [0.15, 0.2) is 0 Å². The molecule has 170 valence electrons. The Balaban J connectivity index is 1.82. The molecule has 32 heavy (non-hydrogen) atoms. The number of nitrogens with one attached hydrogen (secondary N) is 1. The fraction of sp³-hybridized carbons (Fsp3) is 0.364. The van der Waals surface area contributed by atoms with Gasteiger partial charge in [0.05, 0.1) is 11.6 Å². The molecule has 0 aromatic heterocycles. The number of nitrogens with zero attached hydrogens (tertiary/aromatic N) is 2. The van der Waals surface area contributed by atoms with Crippen LogP contribution in [0.5, 0.6) is 11.5 Å². The van der Waals surface area contributed by atoms with Gasteiger partial charge in [0.2, 0.25) is 15.9 Å². The highest BCUT2D eigenvalue weighted by molar-refractivity contribution is 7.89. The van der Waals surface area contributed by atoms with E-state index in [1.165, 1.54) is 36.4 Å². The minimum Gasteiger partial charge on any atom is -0.456 e. The van der Waals surface area contributed by atoms with E-state index >= 15 is 0 Å². The van der Waals surface area contributed by atoms with Crippen LogP contribution in [0.3, 0.4) is 0 Å². The summed E-state index contributed by atoms with van der Waals surface area (Å²) in [6.45, 7) is 4.64. The zero-order valence-corrected chi connectivity index (χ0v) is 20.0. The SMILES string of the molecule is CC(C)C(=O)N1CCC(NS(=O)(=O)c2cc(C#N)ccc2Oc2cc(Cl)cc(Cl)c2)CC1. The summed E-state index contributed by atoms with van der Waals surface area (Å²) in [4.78, 5) is 13.8. The Morgan fingerprint density at radius 3 is 2.34 bits per heavy atom. The highest BCUT2D eigenvalue weighted by Gasteiger charge is 2.29. The van der Waals surface area contributed by atoms with E-state index in [1.807, 2.05) is 19.9 Å². The van der Waals surface area contributed by atoms with Crippen LogP contribution >= 0.6 is 23.2 Å². The van der Waals surface area contributed by atoms with E-state index in [4.69, 9.17) is 27.9 Å². The Kier molecular flexibility index (Phi) is 7.67. The lowest BCUT2D eigenvalue weighted by molar-refractivity contribution is -0.135. The molecule has 10 heteroatoms. The number of nitriles is 1. The molecule has 1 aliphatic rings. The normalized spacial score (nSPS) is 14.9. The van der Waals surface area contributed by atoms with E-state index in [1.54, 1.807) is 4.90 Å². The molecule has 0 bridgehead atoms. The number of ether oxygens (including phenoxy) is 1. The zero-order valence-electron chi connectivity index (χ0n) is 17.6. The quantitative estimate of drug-likeness (QED) is 0.631. The average Bonchev–Trinajstić information content (AvgIpc) is 2.73. The van der Waals surface area contributed by atoms with Crippen molar-refractivity contribution in [3.8, 4) is 17.6 Å². The van der Waals surface area contributed by atoms with Crippen molar-refractivity contribution in [2.45, 2.75) is 37.6 Å². The molecular formula is C22H23Cl2N3O4S. The van der Waals surface area contributed by atoms with Gasteiger partial charge in [0, 0.05) is 35.1 Å². The number of benzene rings is 2. The van der Waals surface area contributed by atoms with Crippen molar-refractivity contribution < 1.29 is 17.9 Å². The molecule has 1 aliphatic heterocycles. The van der Waals surface area contributed by atoms with Crippen molar-refractivity contribution in [1.82, 2.24) is 9.62 Å². The van der Waals surface area contributed by atoms with E-state index in [9.17, 15) is 18.5 Å². The molecule has 0 spiro atoms.